The quantitative estimate of drug-likeness (QED) is 0.108. The van der Waals surface area contributed by atoms with Crippen LogP contribution in [0.1, 0.15) is 157 Å². The van der Waals surface area contributed by atoms with Gasteiger partial charge in [0.25, 0.3) is 0 Å². The maximum atomic E-state index is 3.80. The molecule has 0 aromatic carbocycles. The summed E-state index contributed by atoms with van der Waals surface area (Å²) in [6.07, 6.45) is 25.3. The molecule has 3 atom stereocenters. The number of hydrogen-bond donors (Lipinski definition) is 3. The fourth-order valence-electron chi connectivity index (χ4n) is 5.06. The highest BCUT2D eigenvalue weighted by molar-refractivity contribution is 4.89. The van der Waals surface area contributed by atoms with Gasteiger partial charge in [0.15, 0.2) is 0 Å². The SMILES string of the molecule is CCCCCC(C)CCCCCCCCNCCCCCCCCC(C)NC(C)(C)C(C)NC. The van der Waals surface area contributed by atoms with Gasteiger partial charge >= 0.3 is 0 Å². The standard InChI is InChI=1S/C31H67N3/c1-8-9-18-23-28(2)24-19-14-10-12-16-21-26-33-27-22-17-13-11-15-20-25-29(3)34-31(5,6)30(4)32-7/h28-30,32-34H,8-27H2,1-7H3. The summed E-state index contributed by atoms with van der Waals surface area (Å²) in [6, 6.07) is 1.08. The Morgan fingerprint density at radius 2 is 1.03 bits per heavy atom. The maximum Gasteiger partial charge on any atom is 0.0277 e. The van der Waals surface area contributed by atoms with E-state index in [1.165, 1.54) is 129 Å². The van der Waals surface area contributed by atoms with Crippen LogP contribution in [0.3, 0.4) is 0 Å². The Labute approximate surface area is 216 Å². The summed E-state index contributed by atoms with van der Waals surface area (Å²) in [4.78, 5) is 0. The summed E-state index contributed by atoms with van der Waals surface area (Å²) < 4.78 is 0. The average Bonchev–Trinajstić information content (AvgIpc) is 2.80. The summed E-state index contributed by atoms with van der Waals surface area (Å²) >= 11 is 0. The molecule has 0 saturated carbocycles. The van der Waals surface area contributed by atoms with Crippen molar-refractivity contribution >= 4 is 0 Å². The van der Waals surface area contributed by atoms with Crippen LogP contribution in [0.4, 0.5) is 0 Å². The van der Waals surface area contributed by atoms with Crippen molar-refractivity contribution in [1.29, 1.82) is 0 Å². The van der Waals surface area contributed by atoms with Crippen LogP contribution in [-0.4, -0.2) is 37.8 Å². The van der Waals surface area contributed by atoms with Gasteiger partial charge in [-0.1, -0.05) is 110 Å². The number of hydrogen-bond acceptors (Lipinski definition) is 3. The van der Waals surface area contributed by atoms with Crippen LogP contribution in [0.5, 0.6) is 0 Å². The van der Waals surface area contributed by atoms with Gasteiger partial charge in [0.2, 0.25) is 0 Å². The zero-order valence-electron chi connectivity index (χ0n) is 24.9. The molecule has 0 amide bonds. The zero-order valence-corrected chi connectivity index (χ0v) is 24.9. The third kappa shape index (κ3) is 21.2. The normalized spacial score (nSPS) is 14.9. The lowest BCUT2D eigenvalue weighted by atomic mass is 9.94. The van der Waals surface area contributed by atoms with Gasteiger partial charge in [-0.3, -0.25) is 0 Å². The maximum absolute atomic E-state index is 3.80. The van der Waals surface area contributed by atoms with Crippen molar-refractivity contribution in [2.45, 2.75) is 175 Å². The van der Waals surface area contributed by atoms with E-state index < -0.39 is 0 Å². The first-order valence-corrected chi connectivity index (χ1v) is 15.5. The molecule has 0 bridgehead atoms. The molecule has 3 nitrogen and oxygen atoms in total. The number of rotatable bonds is 26. The molecule has 0 rings (SSSR count). The highest BCUT2D eigenvalue weighted by atomic mass is 15.1. The van der Waals surface area contributed by atoms with Crippen molar-refractivity contribution in [1.82, 2.24) is 16.0 Å². The molecule has 0 aliphatic carbocycles. The molecule has 0 saturated heterocycles. The Balaban J connectivity index is 3.30. The van der Waals surface area contributed by atoms with Crippen molar-refractivity contribution in [2.75, 3.05) is 20.1 Å². The van der Waals surface area contributed by atoms with Gasteiger partial charge in [0.1, 0.15) is 0 Å². The number of unbranched alkanes of at least 4 members (excludes halogenated alkanes) is 12. The monoisotopic (exact) mass is 482 g/mol. The van der Waals surface area contributed by atoms with E-state index in [1.54, 1.807) is 0 Å². The van der Waals surface area contributed by atoms with E-state index in [-0.39, 0.29) is 5.54 Å². The fourth-order valence-corrected chi connectivity index (χ4v) is 5.06. The predicted octanol–water partition coefficient (Wildman–Crippen LogP) is 8.62. The van der Waals surface area contributed by atoms with Crippen LogP contribution in [-0.2, 0) is 0 Å². The number of likely N-dealkylation sites (N-methyl/N-ethyl adjacent to an activating group) is 1. The zero-order chi connectivity index (χ0) is 25.5. The molecule has 3 heteroatoms. The minimum absolute atomic E-state index is 0.146. The highest BCUT2D eigenvalue weighted by Gasteiger charge is 2.25. The lowest BCUT2D eigenvalue weighted by molar-refractivity contribution is 0.266. The van der Waals surface area contributed by atoms with E-state index >= 15 is 0 Å². The molecular formula is C31H67N3. The second-order valence-electron chi connectivity index (χ2n) is 11.9. The van der Waals surface area contributed by atoms with Crippen LogP contribution >= 0.6 is 0 Å². The lowest BCUT2D eigenvalue weighted by Gasteiger charge is -2.36. The molecule has 0 heterocycles. The van der Waals surface area contributed by atoms with Crippen molar-refractivity contribution in [3.8, 4) is 0 Å². The second-order valence-corrected chi connectivity index (χ2v) is 11.9. The smallest absolute Gasteiger partial charge is 0.0277 e. The van der Waals surface area contributed by atoms with Gasteiger partial charge in [0.05, 0.1) is 0 Å². The van der Waals surface area contributed by atoms with Gasteiger partial charge in [-0.25, -0.2) is 0 Å². The average molecular weight is 482 g/mol. The molecule has 0 spiro atoms. The second kappa shape index (κ2) is 23.3. The van der Waals surface area contributed by atoms with E-state index in [0.29, 0.717) is 12.1 Å². The summed E-state index contributed by atoms with van der Waals surface area (Å²) in [5.41, 5.74) is 0.146. The van der Waals surface area contributed by atoms with E-state index in [0.717, 1.165) is 5.92 Å². The minimum atomic E-state index is 0.146. The van der Waals surface area contributed by atoms with Crippen molar-refractivity contribution in [3.63, 3.8) is 0 Å². The Hall–Kier alpha value is -0.120. The molecular weight excluding hydrogens is 414 g/mol. The molecule has 0 aliphatic rings. The molecule has 206 valence electrons. The summed E-state index contributed by atoms with van der Waals surface area (Å²) in [5, 5.41) is 10.8. The van der Waals surface area contributed by atoms with Crippen LogP contribution in [0.2, 0.25) is 0 Å². The first kappa shape index (κ1) is 33.9. The molecule has 3 unspecified atom stereocenters. The highest BCUT2D eigenvalue weighted by Crippen LogP contribution is 2.17. The molecule has 34 heavy (non-hydrogen) atoms. The first-order valence-electron chi connectivity index (χ1n) is 15.5. The largest absolute Gasteiger partial charge is 0.317 e. The predicted molar refractivity (Wildman–Crippen MR) is 156 cm³/mol. The van der Waals surface area contributed by atoms with Crippen molar-refractivity contribution in [3.05, 3.63) is 0 Å². The Morgan fingerprint density at radius 1 is 0.588 bits per heavy atom. The van der Waals surface area contributed by atoms with Gasteiger partial charge in [-0.2, -0.15) is 0 Å². The Kier molecular flexibility index (Phi) is 23.2. The third-order valence-corrected chi connectivity index (χ3v) is 7.98. The molecule has 0 radical (unpaired) electrons. The van der Waals surface area contributed by atoms with Gasteiger partial charge < -0.3 is 16.0 Å². The van der Waals surface area contributed by atoms with Crippen molar-refractivity contribution in [2.24, 2.45) is 5.92 Å². The lowest BCUT2D eigenvalue weighted by Crippen LogP contribution is -2.56. The van der Waals surface area contributed by atoms with Crippen molar-refractivity contribution < 1.29 is 0 Å². The van der Waals surface area contributed by atoms with Crippen LogP contribution in [0, 0.1) is 5.92 Å². The van der Waals surface area contributed by atoms with E-state index in [9.17, 15) is 0 Å². The Morgan fingerprint density at radius 3 is 1.53 bits per heavy atom. The van der Waals surface area contributed by atoms with E-state index in [1.807, 2.05) is 7.05 Å². The minimum Gasteiger partial charge on any atom is -0.317 e. The first-order chi connectivity index (χ1) is 16.3. The molecule has 0 aromatic rings. The van der Waals surface area contributed by atoms with Crippen LogP contribution < -0.4 is 16.0 Å². The van der Waals surface area contributed by atoms with Gasteiger partial charge in [-0.05, 0) is 73.0 Å². The summed E-state index contributed by atoms with van der Waals surface area (Å²) in [6.45, 7) is 16.4. The molecule has 0 aliphatic heterocycles. The van der Waals surface area contributed by atoms with Crippen LogP contribution in [0.15, 0.2) is 0 Å². The Bertz CT molecular complexity index is 409. The van der Waals surface area contributed by atoms with E-state index in [2.05, 4.69) is 57.5 Å². The van der Waals surface area contributed by atoms with Crippen LogP contribution in [0.25, 0.3) is 0 Å². The number of nitrogens with one attached hydrogen (secondary N) is 3. The molecule has 3 N–H and O–H groups in total. The summed E-state index contributed by atoms with van der Waals surface area (Å²) in [5.74, 6) is 0.951. The van der Waals surface area contributed by atoms with E-state index in [4.69, 9.17) is 0 Å². The summed E-state index contributed by atoms with van der Waals surface area (Å²) in [7, 11) is 2.05. The molecule has 0 aromatic heterocycles. The van der Waals surface area contributed by atoms with Gasteiger partial charge in [-0.15, -0.1) is 0 Å². The third-order valence-electron chi connectivity index (χ3n) is 7.98. The topological polar surface area (TPSA) is 36.1 Å². The fraction of sp³-hybridized carbons (Fsp3) is 1.00. The van der Waals surface area contributed by atoms with Gasteiger partial charge in [0, 0.05) is 17.6 Å². The molecule has 0 fully saturated rings.